The molecule has 0 aromatic rings. The molecule has 120 valence electrons. The van der Waals surface area contributed by atoms with E-state index >= 15 is 0 Å². The van der Waals surface area contributed by atoms with Crippen LogP contribution in [0.3, 0.4) is 0 Å². The van der Waals surface area contributed by atoms with E-state index in [0.29, 0.717) is 25.9 Å². The van der Waals surface area contributed by atoms with E-state index in [4.69, 9.17) is 5.11 Å². The van der Waals surface area contributed by atoms with Crippen molar-refractivity contribution in [3.63, 3.8) is 0 Å². The van der Waals surface area contributed by atoms with Gasteiger partial charge >= 0.3 is 5.97 Å². The molecule has 0 aromatic heterocycles. The zero-order valence-electron chi connectivity index (χ0n) is 13.1. The monoisotopic (exact) mass is 298 g/mol. The molecule has 6 nitrogen and oxygen atoms in total. The lowest BCUT2D eigenvalue weighted by atomic mass is 9.95. The minimum Gasteiger partial charge on any atom is -0.480 e. The summed E-state index contributed by atoms with van der Waals surface area (Å²) in [5.41, 5.74) is 0. The third kappa shape index (κ3) is 5.02. The van der Waals surface area contributed by atoms with Crippen molar-refractivity contribution in [2.24, 2.45) is 11.8 Å². The maximum atomic E-state index is 12.2. The topological polar surface area (TPSA) is 86.7 Å². The molecular formula is C15H26N2O4. The fourth-order valence-electron chi connectivity index (χ4n) is 2.57. The molecule has 0 bridgehead atoms. The summed E-state index contributed by atoms with van der Waals surface area (Å²) in [5, 5.41) is 11.7. The van der Waals surface area contributed by atoms with Crippen LogP contribution < -0.4 is 5.32 Å². The smallest absolute Gasteiger partial charge is 0.326 e. The van der Waals surface area contributed by atoms with Gasteiger partial charge in [-0.1, -0.05) is 20.8 Å². The molecule has 6 heteroatoms. The first-order chi connectivity index (χ1) is 9.86. The normalized spacial score (nSPS) is 20.2. The number of amides is 2. The number of aliphatic carboxylic acids is 1. The van der Waals surface area contributed by atoms with Gasteiger partial charge in [-0.25, -0.2) is 4.79 Å². The van der Waals surface area contributed by atoms with Gasteiger partial charge in [0.25, 0.3) is 0 Å². The third-order valence-electron chi connectivity index (χ3n) is 3.84. The zero-order chi connectivity index (χ0) is 16.0. The van der Waals surface area contributed by atoms with Gasteiger partial charge < -0.3 is 15.3 Å². The molecule has 1 fully saturated rings. The average molecular weight is 298 g/mol. The van der Waals surface area contributed by atoms with E-state index < -0.39 is 12.0 Å². The van der Waals surface area contributed by atoms with E-state index in [2.05, 4.69) is 5.32 Å². The Morgan fingerprint density at radius 2 is 2.00 bits per heavy atom. The Hall–Kier alpha value is -1.59. The third-order valence-corrected chi connectivity index (χ3v) is 3.84. The molecule has 1 aliphatic rings. The quantitative estimate of drug-likeness (QED) is 0.772. The number of carboxylic acid groups (broad SMARTS) is 1. The number of carboxylic acids is 1. The van der Waals surface area contributed by atoms with Gasteiger partial charge in [0, 0.05) is 19.5 Å². The zero-order valence-corrected chi connectivity index (χ0v) is 13.1. The molecule has 0 saturated carbocycles. The molecule has 21 heavy (non-hydrogen) atoms. The number of nitrogens with one attached hydrogen (secondary N) is 1. The molecule has 1 unspecified atom stereocenters. The Morgan fingerprint density at radius 3 is 2.52 bits per heavy atom. The highest BCUT2D eigenvalue weighted by Crippen LogP contribution is 2.18. The molecule has 0 radical (unpaired) electrons. The molecule has 1 aliphatic heterocycles. The van der Waals surface area contributed by atoms with Crippen LogP contribution in [0.4, 0.5) is 0 Å². The summed E-state index contributed by atoms with van der Waals surface area (Å²) in [7, 11) is 0. The standard InChI is InChI=1S/C15H26N2O4/c1-4-6-12(18)17-8-5-7-11(9-17)14(19)16-13(10(2)3)15(20)21/h10-11,13H,4-9H2,1-3H3,(H,16,19)(H,20,21)/t11?,13-/m0/s1. The summed E-state index contributed by atoms with van der Waals surface area (Å²) < 4.78 is 0. The Kier molecular flexibility index (Phi) is 6.65. The minimum atomic E-state index is -1.02. The van der Waals surface area contributed by atoms with Crippen molar-refractivity contribution in [1.82, 2.24) is 10.2 Å². The lowest BCUT2D eigenvalue weighted by Gasteiger charge is -2.33. The second-order valence-electron chi connectivity index (χ2n) is 6.00. The summed E-state index contributed by atoms with van der Waals surface area (Å²) in [5.74, 6) is -1.68. The van der Waals surface area contributed by atoms with E-state index in [1.54, 1.807) is 18.7 Å². The molecule has 1 saturated heterocycles. The largest absolute Gasteiger partial charge is 0.480 e. The first kappa shape index (κ1) is 17.5. The van der Waals surface area contributed by atoms with Crippen LogP contribution in [0.2, 0.25) is 0 Å². The van der Waals surface area contributed by atoms with Crippen molar-refractivity contribution in [3.8, 4) is 0 Å². The van der Waals surface area contributed by atoms with Crippen molar-refractivity contribution in [3.05, 3.63) is 0 Å². The summed E-state index contributed by atoms with van der Waals surface area (Å²) in [6, 6.07) is -0.876. The second kappa shape index (κ2) is 8.00. The van der Waals surface area contributed by atoms with Gasteiger partial charge in [-0.2, -0.15) is 0 Å². The Bertz CT molecular complexity index is 395. The van der Waals surface area contributed by atoms with E-state index in [9.17, 15) is 14.4 Å². The van der Waals surface area contributed by atoms with Gasteiger partial charge in [-0.05, 0) is 25.2 Å². The van der Waals surface area contributed by atoms with Gasteiger partial charge in [0.1, 0.15) is 6.04 Å². The molecule has 2 amide bonds. The van der Waals surface area contributed by atoms with Crippen molar-refractivity contribution in [2.75, 3.05) is 13.1 Å². The fourth-order valence-corrected chi connectivity index (χ4v) is 2.57. The highest BCUT2D eigenvalue weighted by Gasteiger charge is 2.31. The summed E-state index contributed by atoms with van der Waals surface area (Å²) in [4.78, 5) is 37.0. The number of hydrogen-bond donors (Lipinski definition) is 2. The van der Waals surface area contributed by atoms with Gasteiger partial charge in [0.05, 0.1) is 5.92 Å². The summed E-state index contributed by atoms with van der Waals surface area (Å²) in [6.07, 6.45) is 2.78. The lowest BCUT2D eigenvalue weighted by Crippen LogP contribution is -2.50. The number of likely N-dealkylation sites (tertiary alicyclic amines) is 1. The summed E-state index contributed by atoms with van der Waals surface area (Å²) in [6.45, 7) is 6.56. The molecule has 0 aliphatic carbocycles. The van der Waals surface area contributed by atoms with Crippen molar-refractivity contribution < 1.29 is 19.5 Å². The Balaban J connectivity index is 2.61. The van der Waals surface area contributed by atoms with E-state index in [0.717, 1.165) is 12.8 Å². The highest BCUT2D eigenvalue weighted by molar-refractivity contribution is 5.86. The number of carbonyl (C=O) groups excluding carboxylic acids is 2. The van der Waals surface area contributed by atoms with Crippen molar-refractivity contribution in [1.29, 1.82) is 0 Å². The van der Waals surface area contributed by atoms with Gasteiger partial charge in [0.2, 0.25) is 11.8 Å². The number of rotatable bonds is 6. The Labute approximate surface area is 125 Å². The van der Waals surface area contributed by atoms with Gasteiger partial charge in [0.15, 0.2) is 0 Å². The molecule has 0 aromatic carbocycles. The van der Waals surface area contributed by atoms with Crippen LogP contribution in [0.5, 0.6) is 0 Å². The minimum absolute atomic E-state index is 0.0774. The van der Waals surface area contributed by atoms with Crippen LogP contribution in [0.25, 0.3) is 0 Å². The van der Waals surface area contributed by atoms with Crippen LogP contribution in [0, 0.1) is 11.8 Å². The van der Waals surface area contributed by atoms with Gasteiger partial charge in [-0.15, -0.1) is 0 Å². The first-order valence-corrected chi connectivity index (χ1v) is 7.67. The predicted octanol–water partition coefficient (Wildman–Crippen LogP) is 1.25. The molecule has 0 spiro atoms. The van der Waals surface area contributed by atoms with Crippen LogP contribution >= 0.6 is 0 Å². The molecule has 2 N–H and O–H groups in total. The average Bonchev–Trinajstić information content (AvgIpc) is 2.44. The maximum absolute atomic E-state index is 12.2. The van der Waals surface area contributed by atoms with Crippen LogP contribution in [-0.2, 0) is 14.4 Å². The molecule has 1 rings (SSSR count). The van der Waals surface area contributed by atoms with Gasteiger partial charge in [-0.3, -0.25) is 9.59 Å². The van der Waals surface area contributed by atoms with Crippen molar-refractivity contribution >= 4 is 17.8 Å². The van der Waals surface area contributed by atoms with E-state index in [1.165, 1.54) is 0 Å². The molecule has 1 heterocycles. The first-order valence-electron chi connectivity index (χ1n) is 7.67. The maximum Gasteiger partial charge on any atom is 0.326 e. The number of carbonyl (C=O) groups is 3. The molecule has 2 atom stereocenters. The SMILES string of the molecule is CCCC(=O)N1CCCC(C(=O)N[C@H](C(=O)O)C(C)C)C1. The number of piperidine rings is 1. The van der Waals surface area contributed by atoms with Crippen LogP contribution in [0.15, 0.2) is 0 Å². The van der Waals surface area contributed by atoms with E-state index in [1.807, 2.05) is 6.92 Å². The van der Waals surface area contributed by atoms with Crippen molar-refractivity contribution in [2.45, 2.75) is 52.5 Å². The fraction of sp³-hybridized carbons (Fsp3) is 0.800. The molecular weight excluding hydrogens is 272 g/mol. The Morgan fingerprint density at radius 1 is 1.33 bits per heavy atom. The number of nitrogens with zero attached hydrogens (tertiary/aromatic N) is 1. The second-order valence-corrected chi connectivity index (χ2v) is 6.00. The van der Waals surface area contributed by atoms with Crippen LogP contribution in [0.1, 0.15) is 46.5 Å². The summed E-state index contributed by atoms with van der Waals surface area (Å²) >= 11 is 0. The number of hydrogen-bond acceptors (Lipinski definition) is 3. The highest BCUT2D eigenvalue weighted by atomic mass is 16.4. The van der Waals surface area contributed by atoms with E-state index in [-0.39, 0.29) is 23.7 Å². The lowest BCUT2D eigenvalue weighted by molar-refractivity contribution is -0.145. The predicted molar refractivity (Wildman–Crippen MR) is 78.6 cm³/mol. The van der Waals surface area contributed by atoms with Crippen LogP contribution in [-0.4, -0.2) is 46.9 Å².